The number of nitrogens with one attached hydrogen (secondary N) is 1. The fourth-order valence-corrected chi connectivity index (χ4v) is 3.74. The van der Waals surface area contributed by atoms with E-state index in [-0.39, 0.29) is 0 Å². The summed E-state index contributed by atoms with van der Waals surface area (Å²) in [6, 6.07) is 14.1. The van der Waals surface area contributed by atoms with Gasteiger partial charge in [-0.2, -0.15) is 4.37 Å². The number of hydrogen-bond acceptors (Lipinski definition) is 4. The molecule has 4 nitrogen and oxygen atoms in total. The van der Waals surface area contributed by atoms with Crippen molar-refractivity contribution in [2.24, 2.45) is 0 Å². The number of aromatic nitrogens is 2. The van der Waals surface area contributed by atoms with Crippen LogP contribution in [0.4, 0.5) is 5.82 Å². The van der Waals surface area contributed by atoms with Crippen LogP contribution in [0.5, 0.6) is 5.75 Å². The first-order valence-corrected chi connectivity index (χ1v) is 8.81. The molecule has 0 aliphatic carbocycles. The van der Waals surface area contributed by atoms with Gasteiger partial charge >= 0.3 is 0 Å². The zero-order valence-corrected chi connectivity index (χ0v) is 14.7. The SMILES string of the molecule is COc1ccc2c(ccn2CCNc2nsc3ccc(Cl)cc23)c1. The van der Waals surface area contributed by atoms with Crippen molar-refractivity contribution in [3.63, 3.8) is 0 Å². The highest BCUT2D eigenvalue weighted by Gasteiger charge is 2.07. The summed E-state index contributed by atoms with van der Waals surface area (Å²) < 4.78 is 13.1. The summed E-state index contributed by atoms with van der Waals surface area (Å²) in [5.41, 5.74) is 1.20. The molecule has 0 amide bonds. The Hall–Kier alpha value is -2.24. The molecule has 4 rings (SSSR count). The first kappa shape index (κ1) is 15.3. The zero-order chi connectivity index (χ0) is 16.5. The van der Waals surface area contributed by atoms with E-state index in [1.807, 2.05) is 24.3 Å². The Labute approximate surface area is 148 Å². The van der Waals surface area contributed by atoms with Crippen LogP contribution in [0.25, 0.3) is 21.0 Å². The number of fused-ring (bicyclic) bond motifs is 2. The summed E-state index contributed by atoms with van der Waals surface area (Å²) in [7, 11) is 1.69. The van der Waals surface area contributed by atoms with E-state index in [0.717, 1.165) is 39.8 Å². The number of methoxy groups -OCH3 is 1. The molecule has 4 aromatic rings. The molecule has 0 bridgehead atoms. The summed E-state index contributed by atoms with van der Waals surface area (Å²) >= 11 is 7.57. The van der Waals surface area contributed by atoms with E-state index in [1.165, 1.54) is 22.4 Å². The molecule has 0 unspecified atom stereocenters. The summed E-state index contributed by atoms with van der Waals surface area (Å²) in [6.07, 6.45) is 2.10. The van der Waals surface area contributed by atoms with Crippen molar-refractivity contribution in [3.05, 3.63) is 53.7 Å². The van der Waals surface area contributed by atoms with Crippen LogP contribution in [-0.4, -0.2) is 22.6 Å². The zero-order valence-electron chi connectivity index (χ0n) is 13.1. The normalized spacial score (nSPS) is 11.2. The molecule has 24 heavy (non-hydrogen) atoms. The lowest BCUT2D eigenvalue weighted by molar-refractivity contribution is 0.415. The summed E-state index contributed by atoms with van der Waals surface area (Å²) in [5, 5.41) is 6.41. The van der Waals surface area contributed by atoms with Crippen LogP contribution in [0.3, 0.4) is 0 Å². The highest BCUT2D eigenvalue weighted by molar-refractivity contribution is 7.13. The third-order valence-corrected chi connectivity index (χ3v) is 5.12. The molecule has 0 saturated carbocycles. The standard InChI is InChI=1S/C18H16ClN3OS/c1-23-14-3-4-16-12(10-14)6-8-22(16)9-7-20-18-15-11-13(19)2-5-17(15)24-21-18/h2-6,8,10-11H,7,9H2,1H3,(H,20,21). The monoisotopic (exact) mass is 357 g/mol. The number of halogens is 1. The maximum Gasteiger partial charge on any atom is 0.147 e. The van der Waals surface area contributed by atoms with E-state index in [0.29, 0.717) is 0 Å². The smallest absolute Gasteiger partial charge is 0.147 e. The van der Waals surface area contributed by atoms with Crippen molar-refractivity contribution in [2.45, 2.75) is 6.54 Å². The number of benzene rings is 2. The first-order chi connectivity index (χ1) is 11.7. The molecule has 0 aliphatic heterocycles. The minimum absolute atomic E-state index is 0.733. The minimum atomic E-state index is 0.733. The van der Waals surface area contributed by atoms with Crippen molar-refractivity contribution in [2.75, 3.05) is 19.0 Å². The second-order valence-electron chi connectivity index (χ2n) is 5.53. The van der Waals surface area contributed by atoms with E-state index in [4.69, 9.17) is 16.3 Å². The van der Waals surface area contributed by atoms with Gasteiger partial charge in [0.25, 0.3) is 0 Å². The van der Waals surface area contributed by atoms with Gasteiger partial charge in [-0.05, 0) is 54.0 Å². The van der Waals surface area contributed by atoms with E-state index >= 15 is 0 Å². The minimum Gasteiger partial charge on any atom is -0.497 e. The lowest BCUT2D eigenvalue weighted by atomic mass is 10.2. The molecular formula is C18H16ClN3OS. The molecule has 122 valence electrons. The number of rotatable bonds is 5. The van der Waals surface area contributed by atoms with Crippen molar-refractivity contribution in [1.82, 2.24) is 8.94 Å². The molecule has 0 atom stereocenters. The van der Waals surface area contributed by atoms with Gasteiger partial charge in [-0.15, -0.1) is 0 Å². The lowest BCUT2D eigenvalue weighted by Crippen LogP contribution is -2.09. The Bertz CT molecular complexity index is 1010. The topological polar surface area (TPSA) is 39.1 Å². The third-order valence-electron chi connectivity index (χ3n) is 4.06. The highest BCUT2D eigenvalue weighted by atomic mass is 35.5. The van der Waals surface area contributed by atoms with Crippen LogP contribution in [0.15, 0.2) is 48.7 Å². The van der Waals surface area contributed by atoms with E-state index < -0.39 is 0 Å². The quantitative estimate of drug-likeness (QED) is 0.544. The Kier molecular flexibility index (Phi) is 4.04. The Morgan fingerprint density at radius 2 is 2.12 bits per heavy atom. The average molecular weight is 358 g/mol. The van der Waals surface area contributed by atoms with Gasteiger partial charge in [0.1, 0.15) is 11.6 Å². The third kappa shape index (κ3) is 2.81. The Balaban J connectivity index is 1.50. The maximum atomic E-state index is 6.09. The van der Waals surface area contributed by atoms with E-state index in [2.05, 4.69) is 38.7 Å². The second kappa shape index (κ2) is 6.34. The Morgan fingerprint density at radius 3 is 3.00 bits per heavy atom. The van der Waals surface area contributed by atoms with Gasteiger partial charge in [-0.3, -0.25) is 0 Å². The van der Waals surface area contributed by atoms with Gasteiger partial charge in [0.2, 0.25) is 0 Å². The Morgan fingerprint density at radius 1 is 1.21 bits per heavy atom. The lowest BCUT2D eigenvalue weighted by Gasteiger charge is -2.08. The van der Waals surface area contributed by atoms with Gasteiger partial charge < -0.3 is 14.6 Å². The van der Waals surface area contributed by atoms with Crippen LogP contribution in [0.1, 0.15) is 0 Å². The van der Waals surface area contributed by atoms with Gasteiger partial charge in [0.15, 0.2) is 0 Å². The van der Waals surface area contributed by atoms with Crippen LogP contribution >= 0.6 is 23.1 Å². The van der Waals surface area contributed by atoms with Gasteiger partial charge in [0.05, 0.1) is 11.8 Å². The molecule has 6 heteroatoms. The molecule has 0 spiro atoms. The van der Waals surface area contributed by atoms with Crippen molar-refractivity contribution >= 4 is 49.9 Å². The predicted octanol–water partition coefficient (Wildman–Crippen LogP) is 5.03. The number of ether oxygens (including phenoxy) is 1. The number of nitrogens with zero attached hydrogens (tertiary/aromatic N) is 2. The summed E-state index contributed by atoms with van der Waals surface area (Å²) in [4.78, 5) is 0. The fraction of sp³-hybridized carbons (Fsp3) is 0.167. The fourth-order valence-electron chi connectivity index (χ4n) is 2.83. The van der Waals surface area contributed by atoms with Crippen molar-refractivity contribution in [3.8, 4) is 5.75 Å². The van der Waals surface area contributed by atoms with Crippen molar-refractivity contribution < 1.29 is 4.74 Å². The molecule has 2 heterocycles. The summed E-state index contributed by atoms with van der Waals surface area (Å²) in [6.45, 7) is 1.65. The maximum absolute atomic E-state index is 6.09. The second-order valence-corrected chi connectivity index (χ2v) is 6.77. The highest BCUT2D eigenvalue weighted by Crippen LogP contribution is 2.29. The molecule has 0 saturated heterocycles. The largest absolute Gasteiger partial charge is 0.497 e. The molecular weight excluding hydrogens is 342 g/mol. The van der Waals surface area contributed by atoms with E-state index in [9.17, 15) is 0 Å². The average Bonchev–Trinajstić information content (AvgIpc) is 3.18. The van der Waals surface area contributed by atoms with E-state index in [1.54, 1.807) is 7.11 Å². The summed E-state index contributed by atoms with van der Waals surface area (Å²) in [5.74, 6) is 1.78. The van der Waals surface area contributed by atoms with Gasteiger partial charge in [-0.25, -0.2) is 0 Å². The van der Waals surface area contributed by atoms with Gasteiger partial charge in [-0.1, -0.05) is 11.6 Å². The van der Waals surface area contributed by atoms with Crippen LogP contribution < -0.4 is 10.1 Å². The molecule has 2 aromatic carbocycles. The molecule has 0 radical (unpaired) electrons. The predicted molar refractivity (Wildman–Crippen MR) is 102 cm³/mol. The molecule has 1 N–H and O–H groups in total. The molecule has 0 aliphatic rings. The molecule has 0 fully saturated rings. The molecule has 2 aromatic heterocycles. The van der Waals surface area contributed by atoms with Crippen LogP contribution in [-0.2, 0) is 6.54 Å². The van der Waals surface area contributed by atoms with Crippen LogP contribution in [0.2, 0.25) is 5.02 Å². The van der Waals surface area contributed by atoms with Crippen molar-refractivity contribution in [1.29, 1.82) is 0 Å². The number of hydrogen-bond donors (Lipinski definition) is 1. The van der Waals surface area contributed by atoms with Crippen LogP contribution in [0, 0.1) is 0 Å². The number of anilines is 1. The van der Waals surface area contributed by atoms with Gasteiger partial charge in [0, 0.05) is 40.6 Å². The first-order valence-electron chi connectivity index (χ1n) is 7.66.